The molecule has 1 N–H and O–H groups in total. The molecule has 0 saturated heterocycles. The molecule has 50 heavy (non-hydrogen) atoms. The molecule has 1 aliphatic carbocycles. The van der Waals surface area contributed by atoms with Crippen LogP contribution in [0.2, 0.25) is 0 Å². The maximum atomic E-state index is 14.2. The number of nitrogens with zero attached hydrogens (tertiary/aromatic N) is 8. The molecular weight excluding hydrogens is 647 g/mol. The van der Waals surface area contributed by atoms with Crippen LogP contribution in [-0.4, -0.2) is 65.4 Å². The van der Waals surface area contributed by atoms with E-state index in [1.165, 1.54) is 23.0 Å². The summed E-state index contributed by atoms with van der Waals surface area (Å²) >= 11 is 0. The highest BCUT2D eigenvalue weighted by Crippen LogP contribution is 2.33. The van der Waals surface area contributed by atoms with Gasteiger partial charge in [0.2, 0.25) is 0 Å². The van der Waals surface area contributed by atoms with Crippen LogP contribution in [-0.2, 0) is 19.8 Å². The first-order chi connectivity index (χ1) is 23.7. The molecule has 0 atom stereocenters. The Balaban J connectivity index is 1.33. The molecule has 260 valence electrons. The molecule has 3 aromatic heterocycles. The van der Waals surface area contributed by atoms with Crippen molar-refractivity contribution in [2.45, 2.75) is 64.3 Å². The number of quaternary nitrogens is 1. The first-order valence-electron chi connectivity index (χ1n) is 16.4. The Hall–Kier alpha value is -5.42. The van der Waals surface area contributed by atoms with Gasteiger partial charge in [-0.15, -0.1) is 0 Å². The third kappa shape index (κ3) is 6.60. The monoisotopic (exact) mass is 686 g/mol. The second kappa shape index (κ2) is 13.1. The van der Waals surface area contributed by atoms with E-state index in [9.17, 15) is 22.8 Å². The minimum atomic E-state index is -4.63. The normalized spacial score (nSPS) is 16.7. The van der Waals surface area contributed by atoms with Gasteiger partial charge in [-0.2, -0.15) is 23.4 Å². The van der Waals surface area contributed by atoms with Crippen LogP contribution < -0.4 is 11.0 Å². The molecule has 0 bridgehead atoms. The summed E-state index contributed by atoms with van der Waals surface area (Å²) in [5, 5.41) is 12.0. The number of aromatic nitrogens is 6. The number of aryl methyl sites for hydroxylation is 2. The minimum absolute atomic E-state index is 0.0216. The van der Waals surface area contributed by atoms with E-state index in [-0.39, 0.29) is 23.1 Å². The minimum Gasteiger partial charge on any atom is -0.335 e. The lowest BCUT2D eigenvalue weighted by Crippen LogP contribution is -2.52. The zero-order chi connectivity index (χ0) is 36.0. The highest BCUT2D eigenvalue weighted by molar-refractivity contribution is 5.83. The van der Waals surface area contributed by atoms with Gasteiger partial charge in [0.25, 0.3) is 0 Å². The number of rotatable bonds is 7. The van der Waals surface area contributed by atoms with Crippen LogP contribution in [0.25, 0.3) is 27.6 Å². The fraction of sp³-hybridized carbons (Fsp3) is 0.361. The smallest absolute Gasteiger partial charge is 0.335 e. The van der Waals surface area contributed by atoms with Crippen molar-refractivity contribution in [1.82, 2.24) is 34.0 Å². The van der Waals surface area contributed by atoms with Crippen molar-refractivity contribution < 1.29 is 22.4 Å². The molecule has 6 rings (SSSR count). The zero-order valence-electron chi connectivity index (χ0n) is 28.6. The number of nitrogens with one attached hydrogen (secondary N) is 1. The van der Waals surface area contributed by atoms with Crippen molar-refractivity contribution in [2.75, 3.05) is 14.1 Å². The van der Waals surface area contributed by atoms with Gasteiger partial charge in [-0.25, -0.2) is 23.7 Å². The largest absolute Gasteiger partial charge is 0.416 e. The van der Waals surface area contributed by atoms with E-state index in [0.717, 1.165) is 56.5 Å². The summed E-state index contributed by atoms with van der Waals surface area (Å²) in [5.74, 6) is 0. The molecule has 0 radical (unpaired) electrons. The summed E-state index contributed by atoms with van der Waals surface area (Å²) in [6.45, 7) is 11.7. The van der Waals surface area contributed by atoms with E-state index >= 15 is 0 Å². The Bertz CT molecular complexity index is 2140. The third-order valence-electron chi connectivity index (χ3n) is 9.71. The number of carbonyl (C=O) groups is 1. The van der Waals surface area contributed by atoms with Crippen LogP contribution in [0.5, 0.6) is 0 Å². The van der Waals surface area contributed by atoms with Crippen LogP contribution in [0.1, 0.15) is 48.3 Å². The molecule has 0 aliphatic heterocycles. The van der Waals surface area contributed by atoms with Gasteiger partial charge in [-0.1, -0.05) is 18.2 Å². The summed E-state index contributed by atoms with van der Waals surface area (Å²) in [6, 6.07) is 14.3. The number of hydrogen-bond acceptors (Lipinski definition) is 4. The van der Waals surface area contributed by atoms with Crippen molar-refractivity contribution in [3.63, 3.8) is 0 Å². The quantitative estimate of drug-likeness (QED) is 0.155. The number of carbonyl (C=O) groups excluding carboxylic acids is 1. The summed E-state index contributed by atoms with van der Waals surface area (Å²) in [4.78, 5) is 31.8. The molecule has 0 spiro atoms. The van der Waals surface area contributed by atoms with Crippen LogP contribution in [0.3, 0.4) is 0 Å². The van der Waals surface area contributed by atoms with Gasteiger partial charge >= 0.3 is 17.9 Å². The summed E-state index contributed by atoms with van der Waals surface area (Å²) in [6.07, 6.45) is -0.00591. The molecule has 11 nitrogen and oxygen atoms in total. The fourth-order valence-electron chi connectivity index (χ4n) is 7.09. The maximum absolute atomic E-state index is 14.2. The van der Waals surface area contributed by atoms with Gasteiger partial charge in [0, 0.05) is 25.9 Å². The van der Waals surface area contributed by atoms with Crippen LogP contribution in [0.15, 0.2) is 71.7 Å². The Morgan fingerprint density at radius 1 is 1.02 bits per heavy atom. The molecule has 1 amide bonds. The van der Waals surface area contributed by atoms with Crippen molar-refractivity contribution in [3.05, 3.63) is 111 Å². The van der Waals surface area contributed by atoms with E-state index in [1.807, 2.05) is 18.7 Å². The Labute approximate surface area is 287 Å². The first kappa shape index (κ1) is 34.4. The SMILES string of the molecule is [C-]#[N+]c1ccc(-n2nccc2-c2c(C)n(-c3cccc(C(F)(F)F)c3)c(=O)n2C(=O)NC2CCC([N+](C)(C)Cc3cc(C)nn3C)CC2)cc1. The van der Waals surface area contributed by atoms with Gasteiger partial charge in [-0.3, -0.25) is 9.25 Å². The third-order valence-corrected chi connectivity index (χ3v) is 9.71. The second-order valence-corrected chi connectivity index (χ2v) is 13.5. The molecule has 14 heteroatoms. The second-order valence-electron chi connectivity index (χ2n) is 13.5. The van der Waals surface area contributed by atoms with Crippen molar-refractivity contribution in [2.24, 2.45) is 7.05 Å². The van der Waals surface area contributed by atoms with Gasteiger partial charge < -0.3 is 9.80 Å². The summed E-state index contributed by atoms with van der Waals surface area (Å²) in [5.41, 5.74) is 2.21. The van der Waals surface area contributed by atoms with E-state index < -0.39 is 23.5 Å². The molecule has 1 aliphatic rings. The molecular formula is C36H39F3N9O2+. The lowest BCUT2D eigenvalue weighted by atomic mass is 9.89. The molecule has 1 fully saturated rings. The van der Waals surface area contributed by atoms with Gasteiger partial charge in [0.1, 0.15) is 12.2 Å². The lowest BCUT2D eigenvalue weighted by molar-refractivity contribution is -0.929. The molecule has 3 heterocycles. The number of halogens is 3. The Morgan fingerprint density at radius 3 is 2.34 bits per heavy atom. The molecule has 1 saturated carbocycles. The summed E-state index contributed by atoms with van der Waals surface area (Å²) in [7, 11) is 6.36. The fourth-order valence-corrected chi connectivity index (χ4v) is 7.09. The zero-order valence-corrected chi connectivity index (χ0v) is 28.6. The number of imidazole rings is 1. The van der Waals surface area contributed by atoms with E-state index in [1.54, 1.807) is 37.3 Å². The number of alkyl halides is 3. The van der Waals surface area contributed by atoms with Crippen molar-refractivity contribution in [1.29, 1.82) is 0 Å². The highest BCUT2D eigenvalue weighted by atomic mass is 19.4. The average molecular weight is 687 g/mol. The van der Waals surface area contributed by atoms with Gasteiger partial charge in [-0.05, 0) is 69.2 Å². The van der Waals surface area contributed by atoms with E-state index in [4.69, 9.17) is 6.57 Å². The summed E-state index contributed by atoms with van der Waals surface area (Å²) < 4.78 is 47.5. The van der Waals surface area contributed by atoms with Crippen molar-refractivity contribution in [3.8, 4) is 22.8 Å². The van der Waals surface area contributed by atoms with Crippen LogP contribution >= 0.6 is 0 Å². The van der Waals surface area contributed by atoms with Crippen molar-refractivity contribution >= 4 is 11.7 Å². The van der Waals surface area contributed by atoms with Crippen LogP contribution in [0, 0.1) is 20.4 Å². The number of amides is 1. The van der Waals surface area contributed by atoms with Gasteiger partial charge in [0.05, 0.1) is 72.6 Å². The molecule has 2 aromatic carbocycles. The highest BCUT2D eigenvalue weighted by Gasteiger charge is 2.36. The predicted octanol–water partition coefficient (Wildman–Crippen LogP) is 6.56. The predicted molar refractivity (Wildman–Crippen MR) is 182 cm³/mol. The first-order valence-corrected chi connectivity index (χ1v) is 16.4. The molecule has 5 aromatic rings. The standard InChI is InChI=1S/C36H38F3N9O2/c1-23-20-30(44(4)43-23)22-48(5,6)31-16-12-27(13-17-31)42-34(49)46-33(32-18-19-41-47(32)28-14-10-26(40-3)11-15-28)24(2)45(35(46)50)29-9-7-8-25(21-29)36(37,38)39/h7-11,14-15,18-21,27,31H,12-13,16-17,22H2,1-2,4-6H3/p+1. The van der Waals surface area contributed by atoms with E-state index in [2.05, 4.69) is 40.5 Å². The van der Waals surface area contributed by atoms with Gasteiger partial charge in [0.15, 0.2) is 5.69 Å². The van der Waals surface area contributed by atoms with Crippen LogP contribution in [0.4, 0.5) is 23.7 Å². The topological polar surface area (TPSA) is 96.0 Å². The maximum Gasteiger partial charge on any atom is 0.416 e. The number of benzene rings is 2. The lowest BCUT2D eigenvalue weighted by Gasteiger charge is -2.41. The molecule has 0 unspecified atom stereocenters. The average Bonchev–Trinajstić information content (AvgIpc) is 3.75. The van der Waals surface area contributed by atoms with E-state index in [0.29, 0.717) is 36.0 Å². The Kier molecular flexibility index (Phi) is 9.04. The Morgan fingerprint density at radius 2 is 1.72 bits per heavy atom. The number of hydrogen-bond donors (Lipinski definition) is 1.